The molecule has 2 saturated carbocycles. The van der Waals surface area contributed by atoms with E-state index >= 15 is 0 Å². The molecule has 2 aliphatic rings. The monoisotopic (exact) mass is 301 g/mol. The number of amides is 2. The smallest absolute Gasteiger partial charge is 0.251 e. The van der Waals surface area contributed by atoms with Gasteiger partial charge in [-0.1, -0.05) is 6.07 Å². The minimum atomic E-state index is -0.343. The van der Waals surface area contributed by atoms with Crippen molar-refractivity contribution in [3.63, 3.8) is 0 Å². The molecule has 1 aromatic carbocycles. The van der Waals surface area contributed by atoms with Gasteiger partial charge in [-0.05, 0) is 56.7 Å². The van der Waals surface area contributed by atoms with Crippen molar-refractivity contribution in [3.8, 4) is 0 Å². The summed E-state index contributed by atoms with van der Waals surface area (Å²) in [6, 6.07) is 7.07. The Morgan fingerprint density at radius 2 is 2.00 bits per heavy atom. The molecule has 2 fully saturated rings. The fourth-order valence-electron chi connectivity index (χ4n) is 2.70. The van der Waals surface area contributed by atoms with Crippen LogP contribution in [0.15, 0.2) is 24.3 Å². The van der Waals surface area contributed by atoms with Gasteiger partial charge in [0.25, 0.3) is 5.91 Å². The molecule has 0 bridgehead atoms. The maximum absolute atomic E-state index is 12.5. The molecule has 0 spiro atoms. The summed E-state index contributed by atoms with van der Waals surface area (Å²) in [6.07, 6.45) is 4.15. The molecule has 0 radical (unpaired) electrons. The van der Waals surface area contributed by atoms with Gasteiger partial charge < -0.3 is 16.4 Å². The summed E-state index contributed by atoms with van der Waals surface area (Å²) in [5, 5.41) is 5.93. The van der Waals surface area contributed by atoms with Crippen molar-refractivity contribution >= 4 is 17.5 Å². The molecule has 22 heavy (non-hydrogen) atoms. The zero-order chi connectivity index (χ0) is 15.7. The SMILES string of the molecule is CC(CN)(NC(=O)c1cccc(NC(=O)C2CC2)c1)C1CC1. The number of nitrogens with two attached hydrogens (primary N) is 1. The highest BCUT2D eigenvalue weighted by molar-refractivity contribution is 5.98. The zero-order valence-electron chi connectivity index (χ0n) is 12.9. The van der Waals surface area contributed by atoms with Crippen LogP contribution in [0.3, 0.4) is 0 Å². The molecule has 5 nitrogen and oxygen atoms in total. The molecule has 1 unspecified atom stereocenters. The quantitative estimate of drug-likeness (QED) is 0.750. The van der Waals surface area contributed by atoms with Gasteiger partial charge >= 0.3 is 0 Å². The lowest BCUT2D eigenvalue weighted by molar-refractivity contribution is -0.117. The van der Waals surface area contributed by atoms with Crippen molar-refractivity contribution < 1.29 is 9.59 Å². The van der Waals surface area contributed by atoms with Crippen molar-refractivity contribution in [2.24, 2.45) is 17.6 Å². The van der Waals surface area contributed by atoms with Crippen molar-refractivity contribution in [1.29, 1.82) is 0 Å². The van der Waals surface area contributed by atoms with E-state index in [0.29, 0.717) is 23.7 Å². The van der Waals surface area contributed by atoms with Gasteiger partial charge in [0.2, 0.25) is 5.91 Å². The molecule has 3 rings (SSSR count). The Hall–Kier alpha value is -1.88. The number of anilines is 1. The van der Waals surface area contributed by atoms with Crippen LogP contribution >= 0.6 is 0 Å². The molecular weight excluding hydrogens is 278 g/mol. The van der Waals surface area contributed by atoms with Gasteiger partial charge in [0.15, 0.2) is 0 Å². The van der Waals surface area contributed by atoms with Crippen LogP contribution in [-0.2, 0) is 4.79 Å². The van der Waals surface area contributed by atoms with E-state index in [0.717, 1.165) is 25.7 Å². The molecule has 2 amide bonds. The Morgan fingerprint density at radius 1 is 1.27 bits per heavy atom. The summed E-state index contributed by atoms with van der Waals surface area (Å²) in [4.78, 5) is 24.3. The number of rotatable bonds is 6. The highest BCUT2D eigenvalue weighted by atomic mass is 16.2. The minimum Gasteiger partial charge on any atom is -0.345 e. The number of nitrogens with one attached hydrogen (secondary N) is 2. The standard InChI is InChI=1S/C17H23N3O2/c1-17(10-18,13-7-8-13)20-16(22)12-3-2-4-14(9-12)19-15(21)11-5-6-11/h2-4,9,11,13H,5-8,10,18H2,1H3,(H,19,21)(H,20,22). The Balaban J connectivity index is 1.68. The number of hydrogen-bond acceptors (Lipinski definition) is 3. The Bertz CT molecular complexity index is 593. The molecule has 0 aliphatic heterocycles. The van der Waals surface area contributed by atoms with Gasteiger partial charge in [-0.3, -0.25) is 9.59 Å². The van der Waals surface area contributed by atoms with Gasteiger partial charge in [0, 0.05) is 23.7 Å². The molecule has 0 saturated heterocycles. The third-order valence-corrected chi connectivity index (χ3v) is 4.64. The largest absolute Gasteiger partial charge is 0.345 e. The first-order valence-corrected chi connectivity index (χ1v) is 7.95. The molecule has 0 aromatic heterocycles. The molecule has 1 atom stereocenters. The Morgan fingerprint density at radius 3 is 2.59 bits per heavy atom. The highest BCUT2D eigenvalue weighted by Gasteiger charge is 2.41. The number of benzene rings is 1. The highest BCUT2D eigenvalue weighted by Crippen LogP contribution is 2.39. The molecule has 2 aliphatic carbocycles. The number of hydrogen-bond donors (Lipinski definition) is 3. The van der Waals surface area contributed by atoms with Crippen LogP contribution in [-0.4, -0.2) is 23.9 Å². The van der Waals surface area contributed by atoms with Crippen LogP contribution in [0, 0.1) is 11.8 Å². The predicted molar refractivity (Wildman–Crippen MR) is 85.4 cm³/mol. The summed E-state index contributed by atoms with van der Waals surface area (Å²) >= 11 is 0. The molecular formula is C17H23N3O2. The van der Waals surface area contributed by atoms with Crippen LogP contribution in [0.2, 0.25) is 0 Å². The maximum Gasteiger partial charge on any atom is 0.251 e. The van der Waals surface area contributed by atoms with Gasteiger partial charge in [0.1, 0.15) is 0 Å². The second-order valence-electron chi connectivity index (χ2n) is 6.69. The van der Waals surface area contributed by atoms with E-state index in [9.17, 15) is 9.59 Å². The maximum atomic E-state index is 12.5. The third kappa shape index (κ3) is 3.30. The van der Waals surface area contributed by atoms with E-state index in [-0.39, 0.29) is 23.3 Å². The van der Waals surface area contributed by atoms with Crippen molar-refractivity contribution in [3.05, 3.63) is 29.8 Å². The van der Waals surface area contributed by atoms with Crippen molar-refractivity contribution in [2.45, 2.75) is 38.1 Å². The molecule has 0 heterocycles. The van der Waals surface area contributed by atoms with E-state index in [1.165, 1.54) is 0 Å². The molecule has 118 valence electrons. The van der Waals surface area contributed by atoms with E-state index in [1.807, 2.05) is 6.92 Å². The first kappa shape index (κ1) is 15.0. The summed E-state index contributed by atoms with van der Waals surface area (Å²) in [7, 11) is 0. The predicted octanol–water partition coefficient (Wildman–Crippen LogP) is 1.89. The van der Waals surface area contributed by atoms with Crippen LogP contribution in [0.4, 0.5) is 5.69 Å². The first-order valence-electron chi connectivity index (χ1n) is 7.95. The summed E-state index contributed by atoms with van der Waals surface area (Å²) < 4.78 is 0. The topological polar surface area (TPSA) is 84.2 Å². The fourth-order valence-corrected chi connectivity index (χ4v) is 2.70. The van der Waals surface area contributed by atoms with E-state index in [1.54, 1.807) is 24.3 Å². The average Bonchev–Trinajstić information content (AvgIpc) is 3.39. The van der Waals surface area contributed by atoms with E-state index in [4.69, 9.17) is 5.73 Å². The Kier molecular flexibility index (Phi) is 3.91. The number of carbonyl (C=O) groups excluding carboxylic acids is 2. The van der Waals surface area contributed by atoms with E-state index in [2.05, 4.69) is 10.6 Å². The van der Waals surface area contributed by atoms with Gasteiger partial charge in [-0.25, -0.2) is 0 Å². The lowest BCUT2D eigenvalue weighted by Gasteiger charge is -2.29. The average molecular weight is 301 g/mol. The third-order valence-electron chi connectivity index (χ3n) is 4.64. The van der Waals surface area contributed by atoms with Crippen molar-refractivity contribution in [1.82, 2.24) is 5.32 Å². The van der Waals surface area contributed by atoms with E-state index < -0.39 is 0 Å². The molecule has 4 N–H and O–H groups in total. The van der Waals surface area contributed by atoms with Crippen LogP contribution in [0.5, 0.6) is 0 Å². The Labute approximate surface area is 130 Å². The van der Waals surface area contributed by atoms with Crippen LogP contribution < -0.4 is 16.4 Å². The normalized spacial score (nSPS) is 20.1. The zero-order valence-corrected chi connectivity index (χ0v) is 12.9. The van der Waals surface area contributed by atoms with Crippen LogP contribution in [0.25, 0.3) is 0 Å². The minimum absolute atomic E-state index is 0.0438. The summed E-state index contributed by atoms with van der Waals surface area (Å²) in [5.74, 6) is 0.525. The van der Waals surface area contributed by atoms with Gasteiger partial charge in [-0.15, -0.1) is 0 Å². The lowest BCUT2D eigenvalue weighted by atomic mass is 9.95. The lowest BCUT2D eigenvalue weighted by Crippen LogP contribution is -2.53. The second kappa shape index (κ2) is 5.72. The first-order chi connectivity index (χ1) is 10.5. The van der Waals surface area contributed by atoms with Gasteiger partial charge in [0.05, 0.1) is 5.54 Å². The molecule has 1 aromatic rings. The number of carbonyl (C=O) groups is 2. The molecule has 5 heteroatoms. The second-order valence-corrected chi connectivity index (χ2v) is 6.69. The van der Waals surface area contributed by atoms with Crippen molar-refractivity contribution in [2.75, 3.05) is 11.9 Å². The van der Waals surface area contributed by atoms with Gasteiger partial charge in [-0.2, -0.15) is 0 Å². The van der Waals surface area contributed by atoms with Crippen LogP contribution in [0.1, 0.15) is 43.0 Å². The summed E-state index contributed by atoms with van der Waals surface area (Å²) in [6.45, 7) is 2.43. The summed E-state index contributed by atoms with van der Waals surface area (Å²) in [5.41, 5.74) is 6.72. The fraction of sp³-hybridized carbons (Fsp3) is 0.529.